The number of aliphatic hydroxyl groups is 3. The lowest BCUT2D eigenvalue weighted by atomic mass is 9.97. The topological polar surface area (TPSA) is 164 Å². The molecule has 1 fully saturated rings. The number of hydrogen-bond acceptors (Lipinski definition) is 11. The van der Waals surface area contributed by atoms with Gasteiger partial charge in [0.1, 0.15) is 30.0 Å². The first-order valence-electron chi connectivity index (χ1n) is 10.1. The maximum atomic E-state index is 11.5. The van der Waals surface area contributed by atoms with Crippen LogP contribution >= 0.6 is 11.8 Å². The van der Waals surface area contributed by atoms with Crippen LogP contribution in [0, 0.1) is 0 Å². The Morgan fingerprint density at radius 1 is 1.19 bits per heavy atom. The number of nitrogens with one attached hydrogen (secondary N) is 2. The number of carbonyl (C=O) groups is 1. The Bertz CT molecular complexity index is 783. The number of ether oxygens (including phenoxy) is 3. The molecule has 1 saturated heterocycles. The van der Waals surface area contributed by atoms with Gasteiger partial charge in [-0.05, 0) is 19.1 Å². The minimum atomic E-state index is -1.35. The number of anilines is 1. The Morgan fingerprint density at radius 2 is 1.94 bits per heavy atom. The first-order valence-corrected chi connectivity index (χ1v) is 11.3. The van der Waals surface area contributed by atoms with Crippen LogP contribution in [-0.2, 0) is 14.3 Å². The highest BCUT2D eigenvalue weighted by Gasteiger charge is 2.45. The van der Waals surface area contributed by atoms with Crippen molar-refractivity contribution in [2.24, 2.45) is 0 Å². The van der Waals surface area contributed by atoms with Gasteiger partial charge in [-0.3, -0.25) is 14.4 Å². The summed E-state index contributed by atoms with van der Waals surface area (Å²) in [5.74, 6) is 1.11. The van der Waals surface area contributed by atoms with Gasteiger partial charge in [-0.2, -0.15) is 11.8 Å². The smallest absolute Gasteiger partial charge is 0.272 e. The summed E-state index contributed by atoms with van der Waals surface area (Å²) < 4.78 is 16.3. The molecule has 1 aromatic rings. The molecule has 1 heterocycles. The van der Waals surface area contributed by atoms with Crippen LogP contribution in [-0.4, -0.2) is 89.7 Å². The number of aliphatic hydroxyl groups excluding tert-OH is 3. The predicted molar refractivity (Wildman–Crippen MR) is 114 cm³/mol. The van der Waals surface area contributed by atoms with Gasteiger partial charge in [0.05, 0.1) is 19.8 Å². The summed E-state index contributed by atoms with van der Waals surface area (Å²) in [4.78, 5) is 34.3. The first kappa shape index (κ1) is 25.6. The van der Waals surface area contributed by atoms with E-state index in [2.05, 4.69) is 10.6 Å². The van der Waals surface area contributed by atoms with Crippen LogP contribution in [0.3, 0.4) is 0 Å². The molecule has 0 radical (unpaired) electrons. The predicted octanol–water partition coefficient (Wildman–Crippen LogP) is -1.82. The van der Waals surface area contributed by atoms with Gasteiger partial charge in [-0.25, -0.2) is 0 Å². The van der Waals surface area contributed by atoms with Gasteiger partial charge >= 0.3 is 0 Å². The van der Waals surface area contributed by atoms with Crippen molar-refractivity contribution in [1.82, 2.24) is 5.32 Å². The summed E-state index contributed by atoms with van der Waals surface area (Å²) >= 11 is 1.61. The monoisotopic (exact) mass is 462 g/mol. The molecular formula is C19H30N2O9S. The highest BCUT2D eigenvalue weighted by molar-refractivity contribution is 7.99. The standard InChI is InChI=1S/C19H30N2O9S/c1-3-28-18-12(15(25)17(18)27)20-5-8-31-7-4-6-29-19-13(21-10(2)23)16(26)14(24)11(9-22)30-19/h11,13-14,16,19-20,22,24,26H,3-9H2,1-2H3,(H,21,23)/t11-,13-,14+,16-,19-/m1/s1. The molecule has 12 heteroatoms. The summed E-state index contributed by atoms with van der Waals surface area (Å²) in [6, 6.07) is -0.956. The highest BCUT2D eigenvalue weighted by atomic mass is 32.2. The van der Waals surface area contributed by atoms with E-state index in [1.165, 1.54) is 6.92 Å². The maximum absolute atomic E-state index is 11.5. The van der Waals surface area contributed by atoms with Crippen molar-refractivity contribution in [3.05, 3.63) is 20.4 Å². The van der Waals surface area contributed by atoms with Crippen molar-refractivity contribution in [1.29, 1.82) is 0 Å². The largest absolute Gasteiger partial charge is 0.488 e. The van der Waals surface area contributed by atoms with E-state index in [9.17, 15) is 29.7 Å². The van der Waals surface area contributed by atoms with E-state index in [-0.39, 0.29) is 18.0 Å². The van der Waals surface area contributed by atoms with E-state index in [4.69, 9.17) is 14.2 Å². The molecule has 5 atom stereocenters. The van der Waals surface area contributed by atoms with E-state index < -0.39 is 54.0 Å². The molecule has 5 N–H and O–H groups in total. The molecule has 1 amide bonds. The second-order valence-electron chi connectivity index (χ2n) is 6.99. The number of hydrogen-bond donors (Lipinski definition) is 5. The van der Waals surface area contributed by atoms with Crippen molar-refractivity contribution in [3.8, 4) is 5.75 Å². The van der Waals surface area contributed by atoms with Crippen molar-refractivity contribution in [2.75, 3.05) is 43.2 Å². The van der Waals surface area contributed by atoms with Crippen molar-refractivity contribution in [2.45, 2.75) is 50.9 Å². The molecule has 1 aliphatic rings. The summed E-state index contributed by atoms with van der Waals surface area (Å²) in [5.41, 5.74) is -0.928. The fourth-order valence-corrected chi connectivity index (χ4v) is 3.91. The molecule has 11 nitrogen and oxygen atoms in total. The molecule has 0 unspecified atom stereocenters. The van der Waals surface area contributed by atoms with Gasteiger partial charge in [-0.1, -0.05) is 0 Å². The molecule has 0 bridgehead atoms. The minimum Gasteiger partial charge on any atom is -0.488 e. The molecule has 2 rings (SSSR count). The van der Waals surface area contributed by atoms with E-state index in [1.807, 2.05) is 0 Å². The number of carbonyl (C=O) groups excluding carboxylic acids is 1. The molecule has 0 aromatic heterocycles. The summed E-state index contributed by atoms with van der Waals surface area (Å²) in [6.45, 7) is 3.60. The fraction of sp³-hybridized carbons (Fsp3) is 0.737. The molecule has 176 valence electrons. The minimum absolute atomic E-state index is 0.0978. The fourth-order valence-electron chi connectivity index (χ4n) is 3.14. The van der Waals surface area contributed by atoms with Crippen LogP contribution in [0.5, 0.6) is 5.75 Å². The summed E-state index contributed by atoms with van der Waals surface area (Å²) in [7, 11) is 0. The Morgan fingerprint density at radius 3 is 2.58 bits per heavy atom. The second-order valence-corrected chi connectivity index (χ2v) is 8.22. The Labute approximate surface area is 183 Å². The number of amides is 1. The van der Waals surface area contributed by atoms with Crippen LogP contribution in [0.2, 0.25) is 0 Å². The van der Waals surface area contributed by atoms with Crippen LogP contribution < -0.4 is 26.2 Å². The third kappa shape index (κ3) is 6.64. The van der Waals surface area contributed by atoms with E-state index in [1.54, 1.807) is 18.7 Å². The zero-order valence-electron chi connectivity index (χ0n) is 17.5. The average Bonchev–Trinajstić information content (AvgIpc) is 2.75. The molecule has 1 aromatic carbocycles. The molecule has 1 aliphatic heterocycles. The highest BCUT2D eigenvalue weighted by Crippen LogP contribution is 2.22. The molecule has 0 spiro atoms. The van der Waals surface area contributed by atoms with Crippen LogP contribution in [0.1, 0.15) is 20.3 Å². The average molecular weight is 463 g/mol. The zero-order valence-corrected chi connectivity index (χ0v) is 18.4. The van der Waals surface area contributed by atoms with Crippen LogP contribution in [0.4, 0.5) is 5.69 Å². The number of rotatable bonds is 13. The normalized spacial score (nSPS) is 26.0. The Hall–Kier alpha value is -1.70. The van der Waals surface area contributed by atoms with Gasteiger partial charge in [0.25, 0.3) is 10.9 Å². The third-order valence-electron chi connectivity index (χ3n) is 4.67. The lowest BCUT2D eigenvalue weighted by Crippen LogP contribution is -2.64. The van der Waals surface area contributed by atoms with Crippen LogP contribution in [0.15, 0.2) is 9.59 Å². The maximum Gasteiger partial charge on any atom is 0.272 e. The SMILES string of the molecule is CCOc1c(NCCSCCCO[C@@H]2O[C@H](CO)[C@H](O)[C@H](O)[C@H]2NC(C)=O)c(=O)c1=O. The van der Waals surface area contributed by atoms with Crippen LogP contribution in [0.25, 0.3) is 0 Å². The Kier molecular flexibility index (Phi) is 10.2. The van der Waals surface area contributed by atoms with Gasteiger partial charge < -0.3 is 40.2 Å². The van der Waals surface area contributed by atoms with Crippen molar-refractivity contribution < 1.29 is 34.3 Å². The van der Waals surface area contributed by atoms with E-state index in [0.717, 1.165) is 5.75 Å². The molecule has 0 aliphatic carbocycles. The first-order chi connectivity index (χ1) is 14.8. The zero-order chi connectivity index (χ0) is 23.0. The third-order valence-corrected chi connectivity index (χ3v) is 5.74. The van der Waals surface area contributed by atoms with E-state index in [0.29, 0.717) is 25.3 Å². The van der Waals surface area contributed by atoms with Gasteiger partial charge in [0, 0.05) is 19.2 Å². The summed E-state index contributed by atoms with van der Waals surface area (Å²) in [5, 5.41) is 34.9. The van der Waals surface area contributed by atoms with Crippen molar-refractivity contribution >= 4 is 23.4 Å². The Balaban J connectivity index is 1.68. The van der Waals surface area contributed by atoms with Crippen molar-refractivity contribution in [3.63, 3.8) is 0 Å². The van der Waals surface area contributed by atoms with E-state index >= 15 is 0 Å². The molecule has 0 saturated carbocycles. The molecular weight excluding hydrogens is 432 g/mol. The lowest BCUT2D eigenvalue weighted by Gasteiger charge is -2.42. The quantitative estimate of drug-likeness (QED) is 0.166. The number of thioether (sulfide) groups is 1. The molecule has 31 heavy (non-hydrogen) atoms. The second kappa shape index (κ2) is 12.4. The van der Waals surface area contributed by atoms with Gasteiger partial charge in [0.2, 0.25) is 5.91 Å². The summed E-state index contributed by atoms with van der Waals surface area (Å²) in [6.07, 6.45) is -4.05. The van der Waals surface area contributed by atoms with Gasteiger partial charge in [0.15, 0.2) is 12.0 Å². The van der Waals surface area contributed by atoms with Gasteiger partial charge in [-0.15, -0.1) is 0 Å². The lowest BCUT2D eigenvalue weighted by molar-refractivity contribution is -0.270.